The van der Waals surface area contributed by atoms with Crippen molar-refractivity contribution in [3.8, 4) is 0 Å². The van der Waals surface area contributed by atoms with Gasteiger partial charge < -0.3 is 5.32 Å². The Kier molecular flexibility index (Phi) is 3.31. The number of benzene rings is 1. The Balaban J connectivity index is 1.78. The molecule has 3 heteroatoms. The van der Waals surface area contributed by atoms with Crippen LogP contribution in [0.2, 0.25) is 0 Å². The van der Waals surface area contributed by atoms with Crippen molar-refractivity contribution in [1.82, 2.24) is 15.1 Å². The van der Waals surface area contributed by atoms with Gasteiger partial charge in [-0.05, 0) is 43.7 Å². The summed E-state index contributed by atoms with van der Waals surface area (Å²) < 4.78 is 2.01. The zero-order valence-electron chi connectivity index (χ0n) is 11.9. The van der Waals surface area contributed by atoms with Crippen LogP contribution in [-0.4, -0.2) is 22.9 Å². The molecule has 1 fully saturated rings. The van der Waals surface area contributed by atoms with E-state index in [-0.39, 0.29) is 0 Å². The van der Waals surface area contributed by atoms with Gasteiger partial charge in [-0.3, -0.25) is 4.68 Å². The number of para-hydroxylation sites is 1. The van der Waals surface area contributed by atoms with Crippen LogP contribution in [0, 0.1) is 5.41 Å². The number of hydrogen-bond acceptors (Lipinski definition) is 2. The van der Waals surface area contributed by atoms with Gasteiger partial charge in [-0.1, -0.05) is 25.1 Å². The Labute approximate surface area is 115 Å². The molecule has 0 unspecified atom stereocenters. The summed E-state index contributed by atoms with van der Waals surface area (Å²) >= 11 is 0. The van der Waals surface area contributed by atoms with Crippen LogP contribution in [0.15, 0.2) is 24.3 Å². The van der Waals surface area contributed by atoms with E-state index in [9.17, 15) is 0 Å². The van der Waals surface area contributed by atoms with Crippen LogP contribution in [0.1, 0.15) is 31.9 Å². The Morgan fingerprint density at radius 2 is 2.11 bits per heavy atom. The van der Waals surface area contributed by atoms with E-state index < -0.39 is 0 Å². The Bertz CT molecular complexity index is 566. The van der Waals surface area contributed by atoms with E-state index in [1.54, 1.807) is 0 Å². The summed E-state index contributed by atoms with van der Waals surface area (Å²) in [5.41, 5.74) is 3.00. The summed E-state index contributed by atoms with van der Waals surface area (Å²) in [6.45, 7) is 4.50. The second-order valence-corrected chi connectivity index (χ2v) is 5.94. The van der Waals surface area contributed by atoms with E-state index >= 15 is 0 Å². The average molecular weight is 257 g/mol. The standard InChI is InChI=1S/C16H23N3/c1-3-10-17-12-16(8-9-16)11-14-13-6-4-5-7-15(13)19(2)18-14/h4-7,17H,3,8-12H2,1-2H3. The number of hydrogen-bond donors (Lipinski definition) is 1. The van der Waals surface area contributed by atoms with Gasteiger partial charge in [0.1, 0.15) is 0 Å². The fraction of sp³-hybridized carbons (Fsp3) is 0.562. The molecular formula is C16H23N3. The van der Waals surface area contributed by atoms with Gasteiger partial charge in [-0.15, -0.1) is 0 Å². The summed E-state index contributed by atoms with van der Waals surface area (Å²) in [6.07, 6.45) is 5.01. The van der Waals surface area contributed by atoms with Gasteiger partial charge in [0, 0.05) is 19.0 Å². The lowest BCUT2D eigenvalue weighted by molar-refractivity contribution is 0.450. The number of rotatable bonds is 6. The molecular weight excluding hydrogens is 234 g/mol. The lowest BCUT2D eigenvalue weighted by atomic mass is 9.98. The predicted octanol–water partition coefficient (Wildman–Crippen LogP) is 2.90. The van der Waals surface area contributed by atoms with Gasteiger partial charge in [-0.25, -0.2) is 0 Å². The van der Waals surface area contributed by atoms with Crippen molar-refractivity contribution >= 4 is 10.9 Å². The first-order valence-electron chi connectivity index (χ1n) is 7.35. The maximum atomic E-state index is 4.73. The van der Waals surface area contributed by atoms with Crippen molar-refractivity contribution in [1.29, 1.82) is 0 Å². The second-order valence-electron chi connectivity index (χ2n) is 5.94. The third-order valence-corrected chi connectivity index (χ3v) is 4.26. The summed E-state index contributed by atoms with van der Waals surface area (Å²) in [7, 11) is 2.04. The maximum Gasteiger partial charge on any atom is 0.0709 e. The minimum Gasteiger partial charge on any atom is -0.316 e. The summed E-state index contributed by atoms with van der Waals surface area (Å²) in [5, 5.41) is 9.64. The van der Waals surface area contributed by atoms with Crippen LogP contribution < -0.4 is 5.32 Å². The molecule has 19 heavy (non-hydrogen) atoms. The largest absolute Gasteiger partial charge is 0.316 e. The SMILES string of the molecule is CCCNCC1(Cc2nn(C)c3ccccc23)CC1. The Hall–Kier alpha value is -1.35. The van der Waals surface area contributed by atoms with Gasteiger partial charge in [0.05, 0.1) is 11.2 Å². The molecule has 1 aromatic carbocycles. The highest BCUT2D eigenvalue weighted by atomic mass is 15.3. The topological polar surface area (TPSA) is 29.9 Å². The molecule has 0 radical (unpaired) electrons. The molecule has 1 aliphatic rings. The van der Waals surface area contributed by atoms with Gasteiger partial charge in [0.25, 0.3) is 0 Å². The first-order valence-corrected chi connectivity index (χ1v) is 7.35. The number of aryl methyl sites for hydroxylation is 1. The molecule has 0 saturated heterocycles. The molecule has 0 amide bonds. The van der Waals surface area contributed by atoms with Crippen LogP contribution in [-0.2, 0) is 13.5 Å². The van der Waals surface area contributed by atoms with E-state index in [1.165, 1.54) is 35.9 Å². The molecule has 1 N–H and O–H groups in total. The van der Waals surface area contributed by atoms with Crippen LogP contribution in [0.3, 0.4) is 0 Å². The van der Waals surface area contributed by atoms with Crippen molar-refractivity contribution in [2.24, 2.45) is 12.5 Å². The van der Waals surface area contributed by atoms with Crippen molar-refractivity contribution in [2.75, 3.05) is 13.1 Å². The minimum atomic E-state index is 0.478. The van der Waals surface area contributed by atoms with Gasteiger partial charge in [0.2, 0.25) is 0 Å². The Morgan fingerprint density at radius 1 is 1.32 bits per heavy atom. The Morgan fingerprint density at radius 3 is 2.84 bits per heavy atom. The summed E-state index contributed by atoms with van der Waals surface area (Å²) in [4.78, 5) is 0. The number of nitrogens with zero attached hydrogens (tertiary/aromatic N) is 2. The van der Waals surface area contributed by atoms with Gasteiger partial charge >= 0.3 is 0 Å². The predicted molar refractivity (Wildman–Crippen MR) is 79.2 cm³/mol. The van der Waals surface area contributed by atoms with Crippen LogP contribution in [0.25, 0.3) is 10.9 Å². The highest BCUT2D eigenvalue weighted by molar-refractivity contribution is 5.81. The average Bonchev–Trinajstić information content (AvgIpc) is 3.11. The lowest BCUT2D eigenvalue weighted by Gasteiger charge is -2.14. The van der Waals surface area contributed by atoms with Crippen LogP contribution in [0.5, 0.6) is 0 Å². The molecule has 1 saturated carbocycles. The van der Waals surface area contributed by atoms with Crippen LogP contribution in [0.4, 0.5) is 0 Å². The molecule has 0 bridgehead atoms. The molecule has 3 rings (SSSR count). The van der Waals surface area contributed by atoms with Gasteiger partial charge in [0.15, 0.2) is 0 Å². The first-order chi connectivity index (χ1) is 9.24. The molecule has 1 aliphatic carbocycles. The van der Waals surface area contributed by atoms with E-state index in [4.69, 9.17) is 5.10 Å². The van der Waals surface area contributed by atoms with Gasteiger partial charge in [-0.2, -0.15) is 5.10 Å². The highest BCUT2D eigenvalue weighted by Crippen LogP contribution is 2.48. The molecule has 0 spiro atoms. The van der Waals surface area contributed by atoms with E-state index in [2.05, 4.69) is 36.5 Å². The van der Waals surface area contributed by atoms with Crippen molar-refractivity contribution in [2.45, 2.75) is 32.6 Å². The van der Waals surface area contributed by atoms with E-state index in [1.807, 2.05) is 11.7 Å². The molecule has 1 heterocycles. The van der Waals surface area contributed by atoms with Crippen molar-refractivity contribution in [3.63, 3.8) is 0 Å². The molecule has 0 atom stereocenters. The zero-order valence-corrected chi connectivity index (χ0v) is 11.9. The van der Waals surface area contributed by atoms with Crippen molar-refractivity contribution in [3.05, 3.63) is 30.0 Å². The normalized spacial score (nSPS) is 16.9. The third kappa shape index (κ3) is 2.52. The smallest absolute Gasteiger partial charge is 0.0709 e. The quantitative estimate of drug-likeness (QED) is 0.806. The molecule has 3 nitrogen and oxygen atoms in total. The van der Waals surface area contributed by atoms with Crippen LogP contribution >= 0.6 is 0 Å². The fourth-order valence-electron chi connectivity index (χ4n) is 2.90. The minimum absolute atomic E-state index is 0.478. The molecule has 1 aromatic heterocycles. The number of fused-ring (bicyclic) bond motifs is 1. The summed E-state index contributed by atoms with van der Waals surface area (Å²) in [5.74, 6) is 0. The monoisotopic (exact) mass is 257 g/mol. The van der Waals surface area contributed by atoms with E-state index in [0.717, 1.165) is 19.5 Å². The lowest BCUT2D eigenvalue weighted by Crippen LogP contribution is -2.26. The highest BCUT2D eigenvalue weighted by Gasteiger charge is 2.42. The second kappa shape index (κ2) is 4.97. The third-order valence-electron chi connectivity index (χ3n) is 4.26. The van der Waals surface area contributed by atoms with E-state index in [0.29, 0.717) is 5.41 Å². The summed E-state index contributed by atoms with van der Waals surface area (Å²) in [6, 6.07) is 8.56. The molecule has 102 valence electrons. The number of aromatic nitrogens is 2. The maximum absolute atomic E-state index is 4.73. The molecule has 2 aromatic rings. The number of nitrogens with one attached hydrogen (secondary N) is 1. The molecule has 0 aliphatic heterocycles. The first kappa shape index (κ1) is 12.7. The zero-order chi connectivity index (χ0) is 13.3. The fourth-order valence-corrected chi connectivity index (χ4v) is 2.90. The van der Waals surface area contributed by atoms with Crippen molar-refractivity contribution < 1.29 is 0 Å².